The minimum absolute atomic E-state index is 0.00218. The first kappa shape index (κ1) is 21.9. The van der Waals surface area contributed by atoms with E-state index in [1.54, 1.807) is 18.4 Å². The molecule has 2 heterocycles. The van der Waals surface area contributed by atoms with Gasteiger partial charge in [0.1, 0.15) is 34.6 Å². The fraction of sp³-hybridized carbons (Fsp3) is 0.280. The average molecular weight is 485 g/mol. The maximum absolute atomic E-state index is 13.4. The van der Waals surface area contributed by atoms with Gasteiger partial charge in [0, 0.05) is 22.1 Å². The second-order valence-corrected chi connectivity index (χ2v) is 9.54. The van der Waals surface area contributed by atoms with Crippen LogP contribution in [0.15, 0.2) is 41.2 Å². The lowest BCUT2D eigenvalue weighted by molar-refractivity contribution is 0.296. The quantitative estimate of drug-likeness (QED) is 0.337. The summed E-state index contributed by atoms with van der Waals surface area (Å²) in [7, 11) is 1.58. The van der Waals surface area contributed by atoms with Crippen LogP contribution in [0.25, 0.3) is 21.6 Å². The number of hydrogen-bond donors (Lipinski definition) is 1. The summed E-state index contributed by atoms with van der Waals surface area (Å²) >= 11 is 7.48. The van der Waals surface area contributed by atoms with Crippen molar-refractivity contribution in [2.75, 3.05) is 7.11 Å². The minimum Gasteiger partial charge on any atom is -0.496 e. The van der Waals surface area contributed by atoms with Crippen LogP contribution in [0.1, 0.15) is 35.3 Å². The summed E-state index contributed by atoms with van der Waals surface area (Å²) in [5, 5.41) is 0.739. The Morgan fingerprint density at radius 1 is 1.15 bits per heavy atom. The third kappa shape index (κ3) is 4.35. The van der Waals surface area contributed by atoms with E-state index in [9.17, 15) is 9.18 Å². The molecule has 0 atom stereocenters. The molecule has 0 amide bonds. The highest BCUT2D eigenvalue weighted by Gasteiger charge is 2.19. The summed E-state index contributed by atoms with van der Waals surface area (Å²) in [5.74, 6) is 1.10. The Balaban J connectivity index is 1.49. The van der Waals surface area contributed by atoms with Gasteiger partial charge in [0.15, 0.2) is 0 Å². The number of nitrogens with zero attached hydrogens (tertiary/aromatic N) is 1. The van der Waals surface area contributed by atoms with E-state index in [0.29, 0.717) is 17.3 Å². The molecule has 170 valence electrons. The number of nitrogens with one attached hydrogen (secondary N) is 1. The molecular weight excluding hydrogens is 463 g/mol. The fourth-order valence-corrected chi connectivity index (χ4v) is 5.68. The van der Waals surface area contributed by atoms with Gasteiger partial charge in [0.25, 0.3) is 5.56 Å². The third-order valence-corrected chi connectivity index (χ3v) is 7.39. The van der Waals surface area contributed by atoms with Gasteiger partial charge in [0.05, 0.1) is 17.5 Å². The number of H-pyrrole nitrogens is 1. The van der Waals surface area contributed by atoms with Gasteiger partial charge in [-0.15, -0.1) is 11.3 Å². The van der Waals surface area contributed by atoms with Crippen LogP contribution in [0.3, 0.4) is 0 Å². The summed E-state index contributed by atoms with van der Waals surface area (Å²) in [5.41, 5.74) is 2.60. The highest BCUT2D eigenvalue weighted by Crippen LogP contribution is 2.34. The smallest absolute Gasteiger partial charge is 0.260 e. The van der Waals surface area contributed by atoms with Crippen molar-refractivity contribution in [2.45, 2.75) is 38.7 Å². The van der Waals surface area contributed by atoms with E-state index < -0.39 is 5.82 Å². The number of halogens is 2. The summed E-state index contributed by atoms with van der Waals surface area (Å²) in [6.45, 7) is 0.179. The number of aryl methyl sites for hydroxylation is 2. The monoisotopic (exact) mass is 484 g/mol. The van der Waals surface area contributed by atoms with Gasteiger partial charge in [-0.05, 0) is 61.6 Å². The van der Waals surface area contributed by atoms with E-state index in [4.69, 9.17) is 26.1 Å². The van der Waals surface area contributed by atoms with Crippen LogP contribution in [-0.2, 0) is 19.4 Å². The van der Waals surface area contributed by atoms with Crippen LogP contribution < -0.4 is 15.0 Å². The van der Waals surface area contributed by atoms with E-state index in [2.05, 4.69) is 4.98 Å². The van der Waals surface area contributed by atoms with Crippen molar-refractivity contribution in [3.63, 3.8) is 0 Å². The summed E-state index contributed by atoms with van der Waals surface area (Å²) in [6.07, 6.45) is 5.43. The van der Waals surface area contributed by atoms with Crippen molar-refractivity contribution in [1.82, 2.24) is 9.97 Å². The normalized spacial score (nSPS) is 13.5. The number of aromatic nitrogens is 2. The van der Waals surface area contributed by atoms with Crippen molar-refractivity contribution >= 4 is 33.2 Å². The SMILES string of the molecule is COc1ccc(-c2nc3sc4c(c3c(=O)[nH]2)CCCCC4)cc1COc1ccc(F)c(Cl)c1. The molecule has 0 saturated heterocycles. The molecule has 0 fully saturated rings. The zero-order valence-electron chi connectivity index (χ0n) is 18.0. The molecule has 2 aromatic carbocycles. The number of ether oxygens (including phenoxy) is 2. The first-order valence-electron chi connectivity index (χ1n) is 10.8. The van der Waals surface area contributed by atoms with Crippen molar-refractivity contribution in [2.24, 2.45) is 0 Å². The van der Waals surface area contributed by atoms with E-state index >= 15 is 0 Å². The van der Waals surface area contributed by atoms with E-state index in [0.717, 1.165) is 47.0 Å². The highest BCUT2D eigenvalue weighted by molar-refractivity contribution is 7.18. The summed E-state index contributed by atoms with van der Waals surface area (Å²) < 4.78 is 24.7. The summed E-state index contributed by atoms with van der Waals surface area (Å²) in [4.78, 5) is 22.9. The van der Waals surface area contributed by atoms with E-state index in [1.165, 1.54) is 35.1 Å². The van der Waals surface area contributed by atoms with Crippen LogP contribution in [0.4, 0.5) is 4.39 Å². The molecule has 5 nitrogen and oxygen atoms in total. The number of fused-ring (bicyclic) bond motifs is 3. The Kier molecular flexibility index (Phi) is 6.08. The Morgan fingerprint density at radius 2 is 2.00 bits per heavy atom. The predicted octanol–water partition coefficient (Wildman–Crippen LogP) is 6.30. The number of rotatable bonds is 5. The summed E-state index contributed by atoms with van der Waals surface area (Å²) in [6, 6.07) is 9.77. The number of thiophene rings is 1. The first-order chi connectivity index (χ1) is 16.0. The van der Waals surface area contributed by atoms with Crippen molar-refractivity contribution in [3.05, 3.63) is 73.6 Å². The molecule has 8 heteroatoms. The molecule has 1 aliphatic carbocycles. The van der Waals surface area contributed by atoms with Crippen LogP contribution in [0, 0.1) is 5.82 Å². The van der Waals surface area contributed by atoms with Gasteiger partial charge >= 0.3 is 0 Å². The largest absolute Gasteiger partial charge is 0.496 e. The van der Waals surface area contributed by atoms with Crippen LogP contribution in [0.2, 0.25) is 5.02 Å². The maximum atomic E-state index is 13.4. The van der Waals surface area contributed by atoms with Crippen LogP contribution in [0.5, 0.6) is 11.5 Å². The lowest BCUT2D eigenvalue weighted by atomic mass is 10.1. The van der Waals surface area contributed by atoms with Gasteiger partial charge in [-0.3, -0.25) is 4.79 Å². The third-order valence-electron chi connectivity index (χ3n) is 5.91. The molecule has 2 aromatic heterocycles. The molecule has 0 bridgehead atoms. The molecule has 0 aliphatic heterocycles. The second kappa shape index (κ2) is 9.15. The van der Waals surface area contributed by atoms with Crippen LogP contribution >= 0.6 is 22.9 Å². The van der Waals surface area contributed by atoms with Gasteiger partial charge in [-0.2, -0.15) is 0 Å². The molecule has 4 aromatic rings. The molecule has 5 rings (SSSR count). The first-order valence-corrected chi connectivity index (χ1v) is 12.0. The van der Waals surface area contributed by atoms with Crippen molar-refractivity contribution < 1.29 is 13.9 Å². The van der Waals surface area contributed by atoms with E-state index in [-0.39, 0.29) is 17.2 Å². The molecule has 0 unspecified atom stereocenters. The number of hydrogen-bond acceptors (Lipinski definition) is 5. The fourth-order valence-electron chi connectivity index (χ4n) is 4.24. The van der Waals surface area contributed by atoms with Crippen LogP contribution in [-0.4, -0.2) is 17.1 Å². The van der Waals surface area contributed by atoms with Gasteiger partial charge in [0.2, 0.25) is 0 Å². The Bertz CT molecular complexity index is 1400. The zero-order chi connectivity index (χ0) is 22.9. The molecule has 0 radical (unpaired) electrons. The Labute approximate surface area is 199 Å². The maximum Gasteiger partial charge on any atom is 0.260 e. The molecule has 1 N–H and O–H groups in total. The Morgan fingerprint density at radius 3 is 2.82 bits per heavy atom. The van der Waals surface area contributed by atoms with Crippen molar-refractivity contribution in [3.8, 4) is 22.9 Å². The number of methoxy groups -OCH3 is 1. The standard InChI is InChI=1S/C25H22ClFN2O3S/c1-31-20-10-7-14(11-15(20)13-32-16-8-9-19(27)18(26)12-16)23-28-24(30)22-17-5-3-2-4-6-21(17)33-25(22)29-23/h7-12H,2-6,13H2,1H3,(H,28,29,30). The highest BCUT2D eigenvalue weighted by atomic mass is 35.5. The molecule has 0 saturated carbocycles. The average Bonchev–Trinajstić information content (AvgIpc) is 3.01. The van der Waals surface area contributed by atoms with Crippen molar-refractivity contribution in [1.29, 1.82) is 0 Å². The zero-order valence-corrected chi connectivity index (χ0v) is 19.6. The molecular formula is C25H22ClFN2O3S. The number of aromatic amines is 1. The Hall–Kier alpha value is -2.90. The molecule has 33 heavy (non-hydrogen) atoms. The molecule has 1 aliphatic rings. The number of benzene rings is 2. The van der Waals surface area contributed by atoms with Gasteiger partial charge in [-0.25, -0.2) is 9.37 Å². The molecule has 0 spiro atoms. The minimum atomic E-state index is -0.500. The second-order valence-electron chi connectivity index (χ2n) is 8.05. The van der Waals surface area contributed by atoms with Gasteiger partial charge < -0.3 is 14.5 Å². The van der Waals surface area contributed by atoms with E-state index in [1.807, 2.05) is 18.2 Å². The lowest BCUT2D eigenvalue weighted by Crippen LogP contribution is -2.10. The topological polar surface area (TPSA) is 64.2 Å². The lowest BCUT2D eigenvalue weighted by Gasteiger charge is -2.12. The predicted molar refractivity (Wildman–Crippen MR) is 129 cm³/mol. The van der Waals surface area contributed by atoms with Gasteiger partial charge in [-0.1, -0.05) is 18.0 Å².